The normalized spacial score (nSPS) is 26.4. The van der Waals surface area contributed by atoms with Crippen LogP contribution in [0.5, 0.6) is 5.75 Å². The van der Waals surface area contributed by atoms with E-state index in [1.165, 1.54) is 89.0 Å². The topological polar surface area (TPSA) is 9.23 Å². The Kier molecular flexibility index (Phi) is 10.6. The van der Waals surface area contributed by atoms with Gasteiger partial charge < -0.3 is 4.74 Å². The second kappa shape index (κ2) is 13.7. The Balaban J connectivity index is 1.30. The lowest BCUT2D eigenvalue weighted by molar-refractivity contribution is 0.196. The fourth-order valence-corrected chi connectivity index (χ4v) is 5.25. The van der Waals surface area contributed by atoms with E-state index < -0.39 is 0 Å². The third-order valence-corrected chi connectivity index (χ3v) is 7.40. The number of benzene rings is 1. The first-order valence-corrected chi connectivity index (χ1v) is 13.2. The molecule has 0 unspecified atom stereocenters. The summed E-state index contributed by atoms with van der Waals surface area (Å²) in [5.74, 6) is 11.0. The second-order valence-corrected chi connectivity index (χ2v) is 9.99. The Morgan fingerprint density at radius 1 is 0.871 bits per heavy atom. The van der Waals surface area contributed by atoms with Crippen LogP contribution in [-0.2, 0) is 6.42 Å². The summed E-state index contributed by atoms with van der Waals surface area (Å²) in [4.78, 5) is 0. The van der Waals surface area contributed by atoms with Gasteiger partial charge in [-0.1, -0.05) is 63.2 Å². The molecule has 170 valence electrons. The Hall–Kier alpha value is -1.68. The molecule has 0 aromatic heterocycles. The van der Waals surface area contributed by atoms with Gasteiger partial charge in [0.15, 0.2) is 0 Å². The highest BCUT2D eigenvalue weighted by atomic mass is 16.5. The van der Waals surface area contributed by atoms with Gasteiger partial charge in [-0.3, -0.25) is 0 Å². The van der Waals surface area contributed by atoms with Crippen LogP contribution in [0, 0.1) is 35.5 Å². The molecule has 2 saturated carbocycles. The molecule has 0 amide bonds. The summed E-state index contributed by atoms with van der Waals surface area (Å²) in [7, 11) is 0. The van der Waals surface area contributed by atoms with E-state index in [4.69, 9.17) is 4.74 Å². The molecular formula is C30H44O. The van der Waals surface area contributed by atoms with E-state index in [1.807, 2.05) is 0 Å². The van der Waals surface area contributed by atoms with Crippen molar-refractivity contribution in [1.29, 1.82) is 0 Å². The van der Waals surface area contributed by atoms with E-state index in [2.05, 4.69) is 62.1 Å². The fourth-order valence-electron chi connectivity index (χ4n) is 5.25. The molecule has 0 heterocycles. The molecule has 1 nitrogen and oxygen atoms in total. The molecular weight excluding hydrogens is 376 g/mol. The fraction of sp³-hybridized carbons (Fsp3) is 0.667. The van der Waals surface area contributed by atoms with Crippen LogP contribution in [0.1, 0.15) is 96.5 Å². The quantitative estimate of drug-likeness (QED) is 0.364. The van der Waals surface area contributed by atoms with E-state index >= 15 is 0 Å². The van der Waals surface area contributed by atoms with Gasteiger partial charge in [0.05, 0.1) is 6.61 Å². The Morgan fingerprint density at radius 2 is 1.58 bits per heavy atom. The molecule has 1 heteroatoms. The van der Waals surface area contributed by atoms with Crippen molar-refractivity contribution in [3.8, 4) is 17.6 Å². The maximum absolute atomic E-state index is 6.08. The lowest BCUT2D eigenvalue weighted by atomic mass is 9.80. The van der Waals surface area contributed by atoms with Crippen LogP contribution < -0.4 is 4.74 Å². The zero-order chi connectivity index (χ0) is 21.7. The largest absolute Gasteiger partial charge is 0.493 e. The lowest BCUT2D eigenvalue weighted by Crippen LogP contribution is -2.19. The van der Waals surface area contributed by atoms with Crippen molar-refractivity contribution in [2.24, 2.45) is 23.7 Å². The average Bonchev–Trinajstić information content (AvgIpc) is 2.82. The lowest BCUT2D eigenvalue weighted by Gasteiger charge is -2.26. The summed E-state index contributed by atoms with van der Waals surface area (Å²) in [6.45, 7) is 5.41. The highest BCUT2D eigenvalue weighted by Crippen LogP contribution is 2.32. The molecule has 0 atom stereocenters. The van der Waals surface area contributed by atoms with Gasteiger partial charge in [-0.15, -0.1) is 0 Å². The standard InChI is InChI=1S/C30H44O/c1-3-5-9-26-20-22-30(23-21-26)31-24-29-18-16-28(17-19-29)11-7-6-10-27-14-12-25(8-4-2)13-15-27/h6,10,20-23,25,27-29H,3-5,8-9,12-19,24H2,1-2H3/b10-6+. The first-order valence-electron chi connectivity index (χ1n) is 13.2. The predicted octanol–water partition coefficient (Wildman–Crippen LogP) is 8.38. The van der Waals surface area contributed by atoms with Crippen LogP contribution in [0.3, 0.4) is 0 Å². The van der Waals surface area contributed by atoms with Crippen LogP contribution in [0.4, 0.5) is 0 Å². The number of aryl methyl sites for hydroxylation is 1. The van der Waals surface area contributed by atoms with Crippen molar-refractivity contribution in [1.82, 2.24) is 0 Å². The molecule has 0 radical (unpaired) electrons. The van der Waals surface area contributed by atoms with Gasteiger partial charge in [-0.05, 0) is 106 Å². The maximum atomic E-state index is 6.08. The molecule has 2 aliphatic rings. The zero-order valence-corrected chi connectivity index (χ0v) is 20.1. The Morgan fingerprint density at radius 3 is 2.26 bits per heavy atom. The average molecular weight is 421 g/mol. The minimum absolute atomic E-state index is 0.582. The van der Waals surface area contributed by atoms with E-state index in [-0.39, 0.29) is 0 Å². The molecule has 3 rings (SSSR count). The van der Waals surface area contributed by atoms with Crippen molar-refractivity contribution in [3.63, 3.8) is 0 Å². The number of ether oxygens (including phenoxy) is 1. The van der Waals surface area contributed by atoms with E-state index in [9.17, 15) is 0 Å². The third kappa shape index (κ3) is 8.76. The van der Waals surface area contributed by atoms with Gasteiger partial charge in [0.2, 0.25) is 0 Å². The Bertz CT molecular complexity index is 688. The number of allylic oxidation sites excluding steroid dienone is 2. The monoisotopic (exact) mass is 420 g/mol. The smallest absolute Gasteiger partial charge is 0.119 e. The Labute approximate surface area is 192 Å². The van der Waals surface area contributed by atoms with Crippen LogP contribution in [0.2, 0.25) is 0 Å². The molecule has 0 bridgehead atoms. The highest BCUT2D eigenvalue weighted by molar-refractivity contribution is 5.27. The van der Waals surface area contributed by atoms with Crippen molar-refractivity contribution < 1.29 is 4.74 Å². The second-order valence-electron chi connectivity index (χ2n) is 9.99. The maximum Gasteiger partial charge on any atom is 0.119 e. The van der Waals surface area contributed by atoms with Crippen LogP contribution in [0.15, 0.2) is 36.4 Å². The SMILES string of the molecule is CCCCc1ccc(OCC2CCC(C#C/C=C/C3CCC(CCC)CC3)CC2)cc1. The van der Waals surface area contributed by atoms with Gasteiger partial charge in [-0.2, -0.15) is 0 Å². The third-order valence-electron chi connectivity index (χ3n) is 7.40. The molecule has 2 aliphatic carbocycles. The van der Waals surface area contributed by atoms with Crippen molar-refractivity contribution >= 4 is 0 Å². The molecule has 0 saturated heterocycles. The number of unbranched alkanes of at least 4 members (excludes halogenated alkanes) is 1. The van der Waals surface area contributed by atoms with Gasteiger partial charge in [0.25, 0.3) is 0 Å². The molecule has 1 aromatic carbocycles. The minimum atomic E-state index is 0.582. The summed E-state index contributed by atoms with van der Waals surface area (Å²) in [5.41, 5.74) is 1.42. The van der Waals surface area contributed by atoms with Crippen molar-refractivity contribution in [2.45, 2.75) is 97.3 Å². The van der Waals surface area contributed by atoms with Crippen molar-refractivity contribution in [3.05, 3.63) is 42.0 Å². The summed E-state index contributed by atoms with van der Waals surface area (Å²) in [6.07, 6.45) is 21.6. The first-order chi connectivity index (χ1) is 15.3. The molecule has 0 aliphatic heterocycles. The van der Waals surface area contributed by atoms with Crippen LogP contribution >= 0.6 is 0 Å². The predicted molar refractivity (Wildman–Crippen MR) is 133 cm³/mol. The number of hydrogen-bond donors (Lipinski definition) is 0. The van der Waals surface area contributed by atoms with Gasteiger partial charge in [0, 0.05) is 5.92 Å². The highest BCUT2D eigenvalue weighted by Gasteiger charge is 2.20. The number of rotatable bonds is 9. The molecule has 1 aromatic rings. The summed E-state index contributed by atoms with van der Waals surface area (Å²) in [6, 6.07) is 8.74. The number of hydrogen-bond acceptors (Lipinski definition) is 1. The summed E-state index contributed by atoms with van der Waals surface area (Å²) in [5, 5.41) is 0. The van der Waals surface area contributed by atoms with Crippen LogP contribution in [-0.4, -0.2) is 6.61 Å². The minimum Gasteiger partial charge on any atom is -0.493 e. The van der Waals surface area contributed by atoms with E-state index in [0.29, 0.717) is 11.8 Å². The first kappa shape index (κ1) is 24.0. The van der Waals surface area contributed by atoms with Gasteiger partial charge in [-0.25, -0.2) is 0 Å². The van der Waals surface area contributed by atoms with E-state index in [1.54, 1.807) is 0 Å². The molecule has 31 heavy (non-hydrogen) atoms. The van der Waals surface area contributed by atoms with Gasteiger partial charge >= 0.3 is 0 Å². The zero-order valence-electron chi connectivity index (χ0n) is 20.1. The van der Waals surface area contributed by atoms with Crippen LogP contribution in [0.25, 0.3) is 0 Å². The van der Waals surface area contributed by atoms with Gasteiger partial charge in [0.1, 0.15) is 5.75 Å². The molecule has 2 fully saturated rings. The summed E-state index contributed by atoms with van der Waals surface area (Å²) >= 11 is 0. The molecule has 0 N–H and O–H groups in total. The van der Waals surface area contributed by atoms with Crippen molar-refractivity contribution in [2.75, 3.05) is 6.61 Å². The summed E-state index contributed by atoms with van der Waals surface area (Å²) < 4.78 is 6.08. The van der Waals surface area contributed by atoms with E-state index in [0.717, 1.165) is 24.2 Å². The molecule has 0 spiro atoms.